The van der Waals surface area contributed by atoms with Gasteiger partial charge in [0, 0.05) is 12.1 Å². The van der Waals surface area contributed by atoms with E-state index in [1.54, 1.807) is 31.2 Å². The van der Waals surface area contributed by atoms with E-state index >= 15 is 0 Å². The van der Waals surface area contributed by atoms with E-state index in [4.69, 9.17) is 10.5 Å². The van der Waals surface area contributed by atoms with Gasteiger partial charge in [-0.2, -0.15) is 0 Å². The van der Waals surface area contributed by atoms with E-state index in [2.05, 4.69) is 15.9 Å². The zero-order valence-electron chi connectivity index (χ0n) is 10.8. The molecule has 2 aromatic carbocycles. The third kappa shape index (κ3) is 3.55. The van der Waals surface area contributed by atoms with Crippen LogP contribution in [-0.2, 0) is 0 Å². The summed E-state index contributed by atoms with van der Waals surface area (Å²) in [4.78, 5) is 0. The zero-order valence-corrected chi connectivity index (χ0v) is 12.4. The second-order valence-electron chi connectivity index (χ2n) is 4.53. The Morgan fingerprint density at radius 2 is 1.75 bits per heavy atom. The van der Waals surface area contributed by atoms with Gasteiger partial charge in [-0.05, 0) is 52.7 Å². The van der Waals surface area contributed by atoms with Crippen molar-refractivity contribution in [2.45, 2.75) is 19.1 Å². The summed E-state index contributed by atoms with van der Waals surface area (Å²) in [7, 11) is 0. The van der Waals surface area contributed by atoms with E-state index in [1.165, 1.54) is 18.2 Å². The first-order chi connectivity index (χ1) is 9.47. The number of ether oxygens (including phenoxy) is 1. The average molecular weight is 342 g/mol. The second-order valence-corrected chi connectivity index (χ2v) is 5.38. The van der Waals surface area contributed by atoms with Gasteiger partial charge in [0.1, 0.15) is 23.5 Å². The standard InChI is InChI=1S/C15H14BrF2NO/c1-9(19)15(10-2-4-11(17)5-3-10)20-12-6-7-13(16)14(18)8-12/h2-9,15H,19H2,1H3. The van der Waals surface area contributed by atoms with E-state index in [0.717, 1.165) is 5.56 Å². The molecular weight excluding hydrogens is 328 g/mol. The number of hydrogen-bond donors (Lipinski definition) is 1. The predicted molar refractivity (Wildman–Crippen MR) is 77.5 cm³/mol. The van der Waals surface area contributed by atoms with Crippen molar-refractivity contribution in [3.8, 4) is 5.75 Å². The average Bonchev–Trinajstić information content (AvgIpc) is 2.41. The van der Waals surface area contributed by atoms with Crippen LogP contribution < -0.4 is 10.5 Å². The van der Waals surface area contributed by atoms with Crippen molar-refractivity contribution in [3.63, 3.8) is 0 Å². The molecule has 2 nitrogen and oxygen atoms in total. The molecule has 0 aliphatic carbocycles. The molecule has 106 valence electrons. The Balaban J connectivity index is 2.25. The maximum absolute atomic E-state index is 13.5. The summed E-state index contributed by atoms with van der Waals surface area (Å²) in [5.74, 6) is -0.366. The Hall–Kier alpha value is -1.46. The van der Waals surface area contributed by atoms with Gasteiger partial charge < -0.3 is 10.5 Å². The molecule has 2 aromatic rings. The van der Waals surface area contributed by atoms with E-state index in [-0.39, 0.29) is 11.9 Å². The minimum absolute atomic E-state index is 0.327. The molecule has 2 rings (SSSR count). The van der Waals surface area contributed by atoms with Crippen LogP contribution in [0.5, 0.6) is 5.75 Å². The smallest absolute Gasteiger partial charge is 0.141 e. The molecule has 5 heteroatoms. The number of halogens is 3. The highest BCUT2D eigenvalue weighted by Gasteiger charge is 2.18. The Labute approximate surface area is 124 Å². The summed E-state index contributed by atoms with van der Waals surface area (Å²) >= 11 is 3.08. The highest BCUT2D eigenvalue weighted by molar-refractivity contribution is 9.10. The van der Waals surface area contributed by atoms with Crippen LogP contribution >= 0.6 is 15.9 Å². The molecule has 2 N–H and O–H groups in total. The molecule has 2 atom stereocenters. The van der Waals surface area contributed by atoms with Gasteiger partial charge >= 0.3 is 0 Å². The minimum atomic E-state index is -0.476. The molecule has 0 aliphatic heterocycles. The number of hydrogen-bond acceptors (Lipinski definition) is 2. The van der Waals surface area contributed by atoms with Crippen molar-refractivity contribution < 1.29 is 13.5 Å². The Morgan fingerprint density at radius 1 is 1.10 bits per heavy atom. The molecule has 0 radical (unpaired) electrons. The van der Waals surface area contributed by atoms with Gasteiger partial charge in [0.15, 0.2) is 0 Å². The molecule has 0 saturated carbocycles. The van der Waals surface area contributed by atoms with Crippen molar-refractivity contribution in [3.05, 3.63) is 64.1 Å². The summed E-state index contributed by atoms with van der Waals surface area (Å²) in [6, 6.07) is 10.1. The summed E-state index contributed by atoms with van der Waals surface area (Å²) in [6.07, 6.45) is -0.476. The summed E-state index contributed by atoms with van der Waals surface area (Å²) in [5.41, 5.74) is 6.64. The van der Waals surface area contributed by atoms with E-state index in [9.17, 15) is 8.78 Å². The fraction of sp³-hybridized carbons (Fsp3) is 0.200. The lowest BCUT2D eigenvalue weighted by Crippen LogP contribution is -2.29. The normalized spacial score (nSPS) is 13.8. The molecule has 0 fully saturated rings. The molecule has 0 bridgehead atoms. The minimum Gasteiger partial charge on any atom is -0.484 e. The number of rotatable bonds is 4. The van der Waals surface area contributed by atoms with E-state index in [0.29, 0.717) is 10.2 Å². The largest absolute Gasteiger partial charge is 0.484 e. The first-order valence-corrected chi connectivity index (χ1v) is 6.89. The topological polar surface area (TPSA) is 35.2 Å². The van der Waals surface area contributed by atoms with Gasteiger partial charge in [0.2, 0.25) is 0 Å². The molecule has 0 amide bonds. The highest BCUT2D eigenvalue weighted by Crippen LogP contribution is 2.27. The van der Waals surface area contributed by atoms with Gasteiger partial charge in [-0.1, -0.05) is 12.1 Å². The third-order valence-electron chi connectivity index (χ3n) is 2.83. The molecule has 0 saturated heterocycles. The van der Waals surface area contributed by atoms with Crippen LogP contribution in [0.15, 0.2) is 46.9 Å². The Morgan fingerprint density at radius 3 is 2.30 bits per heavy atom. The van der Waals surface area contributed by atoms with Gasteiger partial charge in [0.05, 0.1) is 4.47 Å². The molecule has 0 spiro atoms. The summed E-state index contributed by atoms with van der Waals surface area (Å²) < 4.78 is 32.5. The lowest BCUT2D eigenvalue weighted by atomic mass is 10.0. The van der Waals surface area contributed by atoms with Crippen LogP contribution in [0.3, 0.4) is 0 Å². The first-order valence-electron chi connectivity index (χ1n) is 6.10. The molecule has 0 aliphatic rings. The highest BCUT2D eigenvalue weighted by atomic mass is 79.9. The third-order valence-corrected chi connectivity index (χ3v) is 3.47. The summed E-state index contributed by atoms with van der Waals surface area (Å²) in [5, 5.41) is 0. The number of benzene rings is 2. The lowest BCUT2D eigenvalue weighted by Gasteiger charge is -2.23. The quantitative estimate of drug-likeness (QED) is 0.904. The van der Waals surface area contributed by atoms with Crippen LogP contribution in [0.2, 0.25) is 0 Å². The Bertz CT molecular complexity index is 587. The maximum Gasteiger partial charge on any atom is 0.141 e. The van der Waals surface area contributed by atoms with Crippen molar-refractivity contribution in [1.82, 2.24) is 0 Å². The van der Waals surface area contributed by atoms with Crippen molar-refractivity contribution >= 4 is 15.9 Å². The lowest BCUT2D eigenvalue weighted by molar-refractivity contribution is 0.179. The van der Waals surface area contributed by atoms with E-state index < -0.39 is 11.9 Å². The van der Waals surface area contributed by atoms with Crippen molar-refractivity contribution in [2.24, 2.45) is 5.73 Å². The van der Waals surface area contributed by atoms with Crippen LogP contribution in [0, 0.1) is 11.6 Å². The van der Waals surface area contributed by atoms with Crippen LogP contribution in [0.4, 0.5) is 8.78 Å². The van der Waals surface area contributed by atoms with E-state index in [1.807, 2.05) is 0 Å². The first kappa shape index (κ1) is 14.9. The Kier molecular flexibility index (Phi) is 4.73. The van der Waals surface area contributed by atoms with Crippen LogP contribution in [0.1, 0.15) is 18.6 Å². The van der Waals surface area contributed by atoms with Crippen molar-refractivity contribution in [2.75, 3.05) is 0 Å². The molecular formula is C15H14BrF2NO. The van der Waals surface area contributed by atoms with Gasteiger partial charge in [0.25, 0.3) is 0 Å². The molecule has 20 heavy (non-hydrogen) atoms. The van der Waals surface area contributed by atoms with Gasteiger partial charge in [-0.25, -0.2) is 8.78 Å². The monoisotopic (exact) mass is 341 g/mol. The maximum atomic E-state index is 13.5. The molecule has 0 heterocycles. The predicted octanol–water partition coefficient (Wildman–Crippen LogP) is 4.19. The summed E-state index contributed by atoms with van der Waals surface area (Å²) in [6.45, 7) is 1.78. The SMILES string of the molecule is CC(N)C(Oc1ccc(Br)c(F)c1)c1ccc(F)cc1. The zero-order chi connectivity index (χ0) is 14.7. The van der Waals surface area contributed by atoms with Crippen molar-refractivity contribution in [1.29, 1.82) is 0 Å². The second kappa shape index (κ2) is 6.33. The fourth-order valence-electron chi connectivity index (χ4n) is 1.83. The van der Waals surface area contributed by atoms with Gasteiger partial charge in [-0.15, -0.1) is 0 Å². The van der Waals surface area contributed by atoms with Crippen LogP contribution in [0.25, 0.3) is 0 Å². The van der Waals surface area contributed by atoms with Gasteiger partial charge in [-0.3, -0.25) is 0 Å². The molecule has 2 unspecified atom stereocenters. The molecule has 0 aromatic heterocycles. The van der Waals surface area contributed by atoms with Crippen LogP contribution in [-0.4, -0.2) is 6.04 Å². The fourth-order valence-corrected chi connectivity index (χ4v) is 2.07. The number of nitrogens with two attached hydrogens (primary N) is 1.